The van der Waals surface area contributed by atoms with Gasteiger partial charge in [-0.3, -0.25) is 9.59 Å². The van der Waals surface area contributed by atoms with Crippen LogP contribution in [0, 0.1) is 0 Å². The van der Waals surface area contributed by atoms with E-state index in [1.807, 2.05) is 23.6 Å². The van der Waals surface area contributed by atoms with Gasteiger partial charge in [0.1, 0.15) is 0 Å². The minimum atomic E-state index is -0.0519. The predicted octanol–water partition coefficient (Wildman–Crippen LogP) is 1.65. The summed E-state index contributed by atoms with van der Waals surface area (Å²) >= 11 is 1.60. The van der Waals surface area contributed by atoms with E-state index in [0.717, 1.165) is 35.4 Å². The number of thiophene rings is 1. The molecule has 104 valence electrons. The van der Waals surface area contributed by atoms with Gasteiger partial charge in [0.2, 0.25) is 11.5 Å². The van der Waals surface area contributed by atoms with Crippen LogP contribution in [0.25, 0.3) is 0 Å². The Hall–Kier alpha value is -1.88. The van der Waals surface area contributed by atoms with Gasteiger partial charge in [0.15, 0.2) is 0 Å². The van der Waals surface area contributed by atoms with Crippen molar-refractivity contribution in [3.8, 4) is 0 Å². The predicted molar refractivity (Wildman–Crippen MR) is 79.0 cm³/mol. The summed E-state index contributed by atoms with van der Waals surface area (Å²) in [4.78, 5) is 27.2. The number of nitrogens with one attached hydrogen (secondary N) is 2. The monoisotopic (exact) mass is 288 g/mol. The molecule has 0 fully saturated rings. The van der Waals surface area contributed by atoms with E-state index in [1.54, 1.807) is 17.4 Å². The Morgan fingerprint density at radius 2 is 2.30 bits per heavy atom. The first kappa shape index (κ1) is 13.1. The topological polar surface area (TPSA) is 62.0 Å². The summed E-state index contributed by atoms with van der Waals surface area (Å²) in [5, 5.41) is 5.07. The molecule has 2 aromatic heterocycles. The summed E-state index contributed by atoms with van der Waals surface area (Å²) in [5.41, 5.74) is 2.10. The zero-order valence-electron chi connectivity index (χ0n) is 11.0. The molecule has 0 radical (unpaired) electrons. The molecule has 3 rings (SSSR count). The summed E-state index contributed by atoms with van der Waals surface area (Å²) in [7, 11) is 0. The first-order valence-corrected chi connectivity index (χ1v) is 7.61. The third kappa shape index (κ3) is 2.99. The lowest BCUT2D eigenvalue weighted by Crippen LogP contribution is -2.40. The second-order valence-corrected chi connectivity index (χ2v) is 6.12. The lowest BCUT2D eigenvalue weighted by molar-refractivity contribution is -0.121. The van der Waals surface area contributed by atoms with Crippen molar-refractivity contribution < 1.29 is 4.79 Å². The Kier molecular flexibility index (Phi) is 3.69. The molecule has 0 spiro atoms. The minimum Gasteiger partial charge on any atom is -0.353 e. The highest BCUT2D eigenvalue weighted by Crippen LogP contribution is 2.18. The molecule has 4 nitrogen and oxygen atoms in total. The summed E-state index contributed by atoms with van der Waals surface area (Å²) in [5.74, 6) is 0.0744. The van der Waals surface area contributed by atoms with E-state index in [0.29, 0.717) is 6.42 Å². The van der Waals surface area contributed by atoms with Gasteiger partial charge in [-0.15, -0.1) is 11.3 Å². The average molecular weight is 288 g/mol. The Morgan fingerprint density at radius 3 is 3.10 bits per heavy atom. The molecule has 0 unspecified atom stereocenters. The number of pyridine rings is 1. The van der Waals surface area contributed by atoms with Crippen LogP contribution >= 0.6 is 11.3 Å². The van der Waals surface area contributed by atoms with E-state index in [2.05, 4.69) is 10.3 Å². The molecule has 2 heterocycles. The molecule has 5 heteroatoms. The van der Waals surface area contributed by atoms with Crippen LogP contribution in [0.3, 0.4) is 0 Å². The van der Waals surface area contributed by atoms with Crippen molar-refractivity contribution in [2.75, 3.05) is 0 Å². The normalized spacial score (nSPS) is 17.5. The van der Waals surface area contributed by atoms with Gasteiger partial charge in [0.25, 0.3) is 0 Å². The maximum Gasteiger partial charge on any atom is 0.248 e. The zero-order valence-corrected chi connectivity index (χ0v) is 11.8. The molecule has 0 aromatic carbocycles. The summed E-state index contributed by atoms with van der Waals surface area (Å²) in [6.07, 6.45) is 2.94. The van der Waals surface area contributed by atoms with E-state index in [4.69, 9.17) is 0 Å². The third-order valence-corrected chi connectivity index (χ3v) is 4.46. The van der Waals surface area contributed by atoms with Gasteiger partial charge in [-0.1, -0.05) is 12.1 Å². The molecule has 0 bridgehead atoms. The van der Waals surface area contributed by atoms with Crippen LogP contribution in [0.4, 0.5) is 0 Å². The van der Waals surface area contributed by atoms with Crippen LogP contribution in [-0.2, 0) is 24.1 Å². The summed E-state index contributed by atoms with van der Waals surface area (Å²) in [6, 6.07) is 7.52. The van der Waals surface area contributed by atoms with Crippen LogP contribution in [-0.4, -0.2) is 16.9 Å². The number of amides is 1. The van der Waals surface area contributed by atoms with Gasteiger partial charge in [-0.25, -0.2) is 0 Å². The minimum absolute atomic E-state index is 0.0519. The summed E-state index contributed by atoms with van der Waals surface area (Å²) in [6.45, 7) is 0. The van der Waals surface area contributed by atoms with E-state index in [9.17, 15) is 9.59 Å². The van der Waals surface area contributed by atoms with Crippen molar-refractivity contribution >= 4 is 17.2 Å². The van der Waals surface area contributed by atoms with Gasteiger partial charge < -0.3 is 10.3 Å². The van der Waals surface area contributed by atoms with E-state index in [-0.39, 0.29) is 17.5 Å². The van der Waals surface area contributed by atoms with Crippen molar-refractivity contribution in [1.82, 2.24) is 10.3 Å². The fourth-order valence-corrected chi connectivity index (χ4v) is 3.32. The number of aromatic amines is 1. The highest BCUT2D eigenvalue weighted by Gasteiger charge is 2.20. The van der Waals surface area contributed by atoms with Gasteiger partial charge in [-0.05, 0) is 36.3 Å². The highest BCUT2D eigenvalue weighted by atomic mass is 32.1. The number of carbonyl (C=O) groups excluding carboxylic acids is 1. The van der Waals surface area contributed by atoms with Crippen LogP contribution in [0.15, 0.2) is 34.4 Å². The Labute approximate surface area is 120 Å². The maximum atomic E-state index is 12.0. The van der Waals surface area contributed by atoms with Crippen molar-refractivity contribution in [2.24, 2.45) is 0 Å². The molecule has 0 saturated carbocycles. The van der Waals surface area contributed by atoms with Gasteiger partial charge in [-0.2, -0.15) is 0 Å². The molecule has 20 heavy (non-hydrogen) atoms. The van der Waals surface area contributed by atoms with Crippen molar-refractivity contribution in [3.63, 3.8) is 0 Å². The van der Waals surface area contributed by atoms with E-state index in [1.165, 1.54) is 0 Å². The molecular weight excluding hydrogens is 272 g/mol. The smallest absolute Gasteiger partial charge is 0.248 e. The number of carbonyl (C=O) groups is 1. The molecule has 1 amide bonds. The largest absolute Gasteiger partial charge is 0.353 e. The van der Waals surface area contributed by atoms with Gasteiger partial charge in [0.05, 0.1) is 6.42 Å². The first-order valence-electron chi connectivity index (χ1n) is 6.73. The lowest BCUT2D eigenvalue weighted by atomic mass is 9.92. The van der Waals surface area contributed by atoms with Crippen molar-refractivity contribution in [1.29, 1.82) is 0 Å². The van der Waals surface area contributed by atoms with E-state index < -0.39 is 0 Å². The van der Waals surface area contributed by atoms with Crippen molar-refractivity contribution in [2.45, 2.75) is 31.7 Å². The van der Waals surface area contributed by atoms with Crippen LogP contribution < -0.4 is 10.9 Å². The molecule has 2 N–H and O–H groups in total. The molecule has 0 aliphatic heterocycles. The molecule has 2 aromatic rings. The standard InChI is InChI=1S/C15H16N2O2S/c18-14-6-3-10-8-11(4-5-13(10)17-14)16-15(19)9-12-2-1-7-20-12/h1-3,6-7,11H,4-5,8-9H2,(H,16,19)(H,17,18)/t11-/m1/s1. The molecular formula is C15H16N2O2S. The SMILES string of the molecule is O=C(Cc1cccs1)N[C@@H]1CCc2[nH]c(=O)ccc2C1. The second kappa shape index (κ2) is 5.63. The molecule has 1 atom stereocenters. The number of hydrogen-bond acceptors (Lipinski definition) is 3. The number of aryl methyl sites for hydroxylation is 1. The Morgan fingerprint density at radius 1 is 1.40 bits per heavy atom. The fourth-order valence-electron chi connectivity index (χ4n) is 2.62. The first-order chi connectivity index (χ1) is 9.70. The van der Waals surface area contributed by atoms with Crippen molar-refractivity contribution in [3.05, 3.63) is 56.1 Å². The third-order valence-electron chi connectivity index (χ3n) is 3.59. The molecule has 1 aliphatic rings. The molecule has 1 aliphatic carbocycles. The quantitative estimate of drug-likeness (QED) is 0.902. The average Bonchev–Trinajstić information content (AvgIpc) is 2.91. The maximum absolute atomic E-state index is 12.0. The molecule has 0 saturated heterocycles. The highest BCUT2D eigenvalue weighted by molar-refractivity contribution is 7.10. The van der Waals surface area contributed by atoms with Crippen LogP contribution in [0.5, 0.6) is 0 Å². The summed E-state index contributed by atoms with van der Waals surface area (Å²) < 4.78 is 0. The number of H-pyrrole nitrogens is 1. The Bertz CT molecular complexity index is 661. The Balaban J connectivity index is 1.61. The number of aromatic nitrogens is 1. The van der Waals surface area contributed by atoms with Gasteiger partial charge >= 0.3 is 0 Å². The van der Waals surface area contributed by atoms with E-state index >= 15 is 0 Å². The zero-order chi connectivity index (χ0) is 13.9. The van der Waals surface area contributed by atoms with Gasteiger partial charge in [0, 0.05) is 22.7 Å². The second-order valence-electron chi connectivity index (χ2n) is 5.09. The van der Waals surface area contributed by atoms with Crippen LogP contribution in [0.2, 0.25) is 0 Å². The number of fused-ring (bicyclic) bond motifs is 1. The lowest BCUT2D eigenvalue weighted by Gasteiger charge is -2.25. The number of rotatable bonds is 3. The fraction of sp³-hybridized carbons (Fsp3) is 0.333. The number of hydrogen-bond donors (Lipinski definition) is 2. The van der Waals surface area contributed by atoms with Crippen LogP contribution in [0.1, 0.15) is 22.6 Å².